The summed E-state index contributed by atoms with van der Waals surface area (Å²) in [6, 6.07) is 13.8. The molecule has 0 amide bonds. The van der Waals surface area contributed by atoms with E-state index in [4.69, 9.17) is 11.6 Å². The van der Waals surface area contributed by atoms with Gasteiger partial charge in [0.25, 0.3) is 0 Å². The fourth-order valence-electron chi connectivity index (χ4n) is 5.19. The van der Waals surface area contributed by atoms with Crippen LogP contribution in [-0.2, 0) is 11.2 Å². The third-order valence-electron chi connectivity index (χ3n) is 7.08. The van der Waals surface area contributed by atoms with Gasteiger partial charge in [0, 0.05) is 45.7 Å². The van der Waals surface area contributed by atoms with Crippen LogP contribution in [0.4, 0.5) is 4.39 Å². The molecule has 1 unspecified atom stereocenters. The van der Waals surface area contributed by atoms with Crippen LogP contribution in [0.25, 0.3) is 0 Å². The zero-order chi connectivity index (χ0) is 23.0. The van der Waals surface area contributed by atoms with Crippen molar-refractivity contribution >= 4 is 34.9 Å². The lowest BCUT2D eigenvalue weighted by molar-refractivity contribution is -0.116. The normalized spacial score (nSPS) is 22.1. The number of hydrogen-bond acceptors (Lipinski definition) is 4. The summed E-state index contributed by atoms with van der Waals surface area (Å²) in [5.41, 5.74) is 2.15. The van der Waals surface area contributed by atoms with Crippen LogP contribution in [0.1, 0.15) is 35.2 Å². The van der Waals surface area contributed by atoms with Gasteiger partial charge in [-0.1, -0.05) is 42.1 Å². The number of piperidine rings is 1. The van der Waals surface area contributed by atoms with Gasteiger partial charge in [-0.3, -0.25) is 9.59 Å². The maximum atomic E-state index is 13.5. The molecule has 3 nitrogen and oxygen atoms in total. The van der Waals surface area contributed by atoms with Crippen molar-refractivity contribution < 1.29 is 14.0 Å². The Balaban J connectivity index is 1.29. The van der Waals surface area contributed by atoms with Crippen LogP contribution in [0.2, 0.25) is 0 Å². The standard InChI is InChI=1S/C27H25ClFNO2S/c28-25-10-9-24-26(22(32)17-19-3-1-2-4-23(19)33-24)27(25)12-15-30(16-13-27)14-11-21(31)18-5-7-20(29)8-6-18/h1-10,25H,11-17H2. The van der Waals surface area contributed by atoms with Crippen molar-refractivity contribution in [2.45, 2.75) is 36.0 Å². The fourth-order valence-corrected chi connectivity index (χ4v) is 6.81. The number of ketones is 2. The van der Waals surface area contributed by atoms with E-state index < -0.39 is 0 Å². The summed E-state index contributed by atoms with van der Waals surface area (Å²) in [4.78, 5) is 30.4. The minimum Gasteiger partial charge on any atom is -0.303 e. The first-order chi connectivity index (χ1) is 16.0. The number of benzene rings is 2. The smallest absolute Gasteiger partial charge is 0.165 e. The van der Waals surface area contributed by atoms with E-state index >= 15 is 0 Å². The quantitative estimate of drug-likeness (QED) is 0.406. The first kappa shape index (κ1) is 22.6. The molecule has 6 heteroatoms. The van der Waals surface area contributed by atoms with E-state index in [1.807, 2.05) is 30.4 Å². The topological polar surface area (TPSA) is 37.4 Å². The van der Waals surface area contributed by atoms with E-state index in [9.17, 15) is 14.0 Å². The van der Waals surface area contributed by atoms with E-state index in [-0.39, 0.29) is 28.2 Å². The van der Waals surface area contributed by atoms with Gasteiger partial charge < -0.3 is 4.90 Å². The minimum atomic E-state index is -0.366. The molecule has 5 rings (SSSR count). The number of carbonyl (C=O) groups excluding carboxylic acids is 2. The van der Waals surface area contributed by atoms with Gasteiger partial charge in [0.2, 0.25) is 0 Å². The van der Waals surface area contributed by atoms with Crippen LogP contribution in [0, 0.1) is 11.2 Å². The minimum absolute atomic E-state index is 0.0178. The summed E-state index contributed by atoms with van der Waals surface area (Å²) in [6.45, 7) is 2.22. The van der Waals surface area contributed by atoms with E-state index in [0.29, 0.717) is 24.9 Å². The Hall–Kier alpha value is -2.21. The molecule has 2 heterocycles. The average molecular weight is 482 g/mol. The summed E-state index contributed by atoms with van der Waals surface area (Å²) in [5.74, 6) is -0.144. The highest BCUT2D eigenvalue weighted by Crippen LogP contribution is 2.53. The van der Waals surface area contributed by atoms with Crippen molar-refractivity contribution in [1.29, 1.82) is 0 Å². The molecule has 1 atom stereocenters. The van der Waals surface area contributed by atoms with Crippen molar-refractivity contribution in [1.82, 2.24) is 4.90 Å². The van der Waals surface area contributed by atoms with Crippen molar-refractivity contribution in [3.63, 3.8) is 0 Å². The predicted molar refractivity (Wildman–Crippen MR) is 130 cm³/mol. The number of hydrogen-bond donors (Lipinski definition) is 0. The molecule has 3 aliphatic rings. The van der Waals surface area contributed by atoms with Gasteiger partial charge >= 0.3 is 0 Å². The average Bonchev–Trinajstić information content (AvgIpc) is 2.97. The van der Waals surface area contributed by atoms with Crippen LogP contribution < -0.4 is 0 Å². The summed E-state index contributed by atoms with van der Waals surface area (Å²) in [5, 5.41) is -0.218. The molecular formula is C27H25ClFNO2S. The van der Waals surface area contributed by atoms with Gasteiger partial charge in [0.1, 0.15) is 5.82 Å². The number of carbonyl (C=O) groups is 2. The second-order valence-electron chi connectivity index (χ2n) is 8.99. The van der Waals surface area contributed by atoms with Crippen LogP contribution in [0.3, 0.4) is 0 Å². The molecule has 1 spiro atoms. The van der Waals surface area contributed by atoms with Crippen molar-refractivity contribution in [2.24, 2.45) is 5.41 Å². The number of thioether (sulfide) groups is 1. The van der Waals surface area contributed by atoms with Crippen LogP contribution in [0.15, 0.2) is 76.1 Å². The number of nitrogens with zero attached hydrogens (tertiary/aromatic N) is 1. The molecule has 0 saturated carbocycles. The number of rotatable bonds is 4. The molecule has 0 radical (unpaired) electrons. The summed E-state index contributed by atoms with van der Waals surface area (Å²) < 4.78 is 13.1. The summed E-state index contributed by atoms with van der Waals surface area (Å²) in [7, 11) is 0. The molecule has 2 aromatic rings. The molecule has 2 aromatic carbocycles. The second kappa shape index (κ2) is 9.21. The first-order valence-corrected chi connectivity index (χ1v) is 12.6. The number of halogens is 2. The van der Waals surface area contributed by atoms with E-state index in [2.05, 4.69) is 11.0 Å². The van der Waals surface area contributed by atoms with Crippen molar-refractivity contribution in [3.8, 4) is 0 Å². The molecule has 0 aromatic heterocycles. The van der Waals surface area contributed by atoms with Crippen LogP contribution >= 0.6 is 23.4 Å². The number of alkyl halides is 1. The highest BCUT2D eigenvalue weighted by Gasteiger charge is 2.48. The summed E-state index contributed by atoms with van der Waals surface area (Å²) >= 11 is 8.56. The zero-order valence-corrected chi connectivity index (χ0v) is 19.8. The summed E-state index contributed by atoms with van der Waals surface area (Å²) in [6.07, 6.45) is 6.45. The number of allylic oxidation sites excluding steroid dienone is 3. The SMILES string of the molecule is O=C1Cc2ccccc2SC2=C1C1(CCN(CCC(=O)c3ccc(F)cc3)CC1)C(Cl)C=C2. The van der Waals surface area contributed by atoms with E-state index in [1.54, 1.807) is 11.8 Å². The van der Waals surface area contributed by atoms with Gasteiger partial charge in [0.05, 0.1) is 5.38 Å². The maximum Gasteiger partial charge on any atom is 0.165 e. The molecule has 0 N–H and O–H groups in total. The largest absolute Gasteiger partial charge is 0.303 e. The lowest BCUT2D eigenvalue weighted by Crippen LogP contribution is -2.48. The lowest BCUT2D eigenvalue weighted by Gasteiger charge is -2.46. The Kier molecular flexibility index (Phi) is 6.30. The molecule has 1 aliphatic carbocycles. The third kappa shape index (κ3) is 4.34. The zero-order valence-electron chi connectivity index (χ0n) is 18.2. The molecular weight excluding hydrogens is 457 g/mol. The van der Waals surface area contributed by atoms with E-state index in [0.717, 1.165) is 46.9 Å². The molecule has 33 heavy (non-hydrogen) atoms. The Labute approximate surface area is 202 Å². The van der Waals surface area contributed by atoms with Gasteiger partial charge in [-0.05, 0) is 61.8 Å². The molecule has 0 bridgehead atoms. The van der Waals surface area contributed by atoms with Crippen LogP contribution in [-0.4, -0.2) is 41.5 Å². The molecule has 170 valence electrons. The molecule has 2 aliphatic heterocycles. The lowest BCUT2D eigenvalue weighted by atomic mass is 9.66. The second-order valence-corrected chi connectivity index (χ2v) is 10.5. The van der Waals surface area contributed by atoms with Crippen LogP contribution in [0.5, 0.6) is 0 Å². The van der Waals surface area contributed by atoms with Gasteiger partial charge in [-0.15, -0.1) is 11.6 Å². The third-order valence-corrected chi connectivity index (χ3v) is 8.82. The predicted octanol–water partition coefficient (Wildman–Crippen LogP) is 5.83. The first-order valence-electron chi connectivity index (χ1n) is 11.3. The molecule has 1 fully saturated rings. The van der Waals surface area contributed by atoms with Gasteiger partial charge in [0.15, 0.2) is 11.6 Å². The maximum absolute atomic E-state index is 13.5. The Morgan fingerprint density at radius 3 is 2.61 bits per heavy atom. The Bertz CT molecular complexity index is 1150. The number of Topliss-reactive ketones (excluding diaryl/α,β-unsaturated/α-hetero) is 2. The highest BCUT2D eigenvalue weighted by molar-refractivity contribution is 8.03. The van der Waals surface area contributed by atoms with E-state index in [1.165, 1.54) is 24.3 Å². The fraction of sp³-hybridized carbons (Fsp3) is 0.333. The number of fused-ring (bicyclic) bond motifs is 2. The highest BCUT2D eigenvalue weighted by atomic mass is 35.5. The number of likely N-dealkylation sites (tertiary alicyclic amines) is 1. The van der Waals surface area contributed by atoms with Gasteiger partial charge in [-0.2, -0.15) is 0 Å². The van der Waals surface area contributed by atoms with Crippen molar-refractivity contribution in [3.05, 3.63) is 88.1 Å². The Morgan fingerprint density at radius 2 is 1.85 bits per heavy atom. The van der Waals surface area contributed by atoms with Gasteiger partial charge in [-0.25, -0.2) is 4.39 Å². The van der Waals surface area contributed by atoms with Crippen molar-refractivity contribution in [2.75, 3.05) is 19.6 Å². The monoisotopic (exact) mass is 481 g/mol. The Morgan fingerprint density at radius 1 is 1.12 bits per heavy atom. The molecule has 1 saturated heterocycles.